The lowest BCUT2D eigenvalue weighted by Gasteiger charge is -2.02. The second-order valence-corrected chi connectivity index (χ2v) is 3.02. The maximum Gasteiger partial charge on any atom is 0.251 e. The Bertz CT molecular complexity index is 290. The average molecular weight is 184 g/mol. The molecule has 0 bridgehead atoms. The van der Waals surface area contributed by atoms with E-state index in [9.17, 15) is 15.1 Å². The van der Waals surface area contributed by atoms with E-state index in [1.165, 1.54) is 6.20 Å². The van der Waals surface area contributed by atoms with Gasteiger partial charge in [-0.25, -0.2) is 0 Å². The summed E-state index contributed by atoms with van der Waals surface area (Å²) in [4.78, 5) is 10.0. The number of thioether (sulfide) groups is 1. The van der Waals surface area contributed by atoms with Crippen molar-refractivity contribution in [3.05, 3.63) is 29.6 Å². The van der Waals surface area contributed by atoms with E-state index in [1.54, 1.807) is 18.2 Å². The molecule has 64 valence electrons. The van der Waals surface area contributed by atoms with Crippen LogP contribution in [0.25, 0.3) is 0 Å². The van der Waals surface area contributed by atoms with Crippen molar-refractivity contribution in [3.63, 3.8) is 0 Å². The molecule has 0 N–H and O–H groups in total. The number of aromatic nitrogens is 1. The van der Waals surface area contributed by atoms with Gasteiger partial charge >= 0.3 is 0 Å². The molecule has 0 atom stereocenters. The van der Waals surface area contributed by atoms with E-state index >= 15 is 0 Å². The summed E-state index contributed by atoms with van der Waals surface area (Å²) in [6.45, 7) is 0. The van der Waals surface area contributed by atoms with Crippen molar-refractivity contribution < 1.29 is 14.6 Å². The molecule has 0 aromatic carbocycles. The lowest BCUT2D eigenvalue weighted by atomic mass is 10.5. The highest BCUT2D eigenvalue weighted by atomic mass is 32.2. The Morgan fingerprint density at radius 1 is 1.58 bits per heavy atom. The Morgan fingerprint density at radius 2 is 2.33 bits per heavy atom. The zero-order valence-electron chi connectivity index (χ0n) is 6.10. The minimum absolute atomic E-state index is 0.202. The van der Waals surface area contributed by atoms with E-state index in [4.69, 9.17) is 0 Å². The van der Waals surface area contributed by atoms with Gasteiger partial charge in [0.25, 0.3) is 5.03 Å². The van der Waals surface area contributed by atoms with Gasteiger partial charge in [0.15, 0.2) is 6.20 Å². The van der Waals surface area contributed by atoms with Gasteiger partial charge in [-0.05, 0) is 17.8 Å². The van der Waals surface area contributed by atoms with Crippen LogP contribution in [0.1, 0.15) is 0 Å². The Hall–Kier alpha value is -1.23. The summed E-state index contributed by atoms with van der Waals surface area (Å²) in [6, 6.07) is 4.81. The zero-order valence-corrected chi connectivity index (χ0v) is 6.91. The fourth-order valence-corrected chi connectivity index (χ4v) is 1.29. The monoisotopic (exact) mass is 184 g/mol. The van der Waals surface area contributed by atoms with Crippen LogP contribution in [0.3, 0.4) is 0 Å². The van der Waals surface area contributed by atoms with Gasteiger partial charge in [-0.15, -0.1) is 0 Å². The zero-order chi connectivity index (χ0) is 8.97. The summed E-state index contributed by atoms with van der Waals surface area (Å²) < 4.78 is 0.619. The summed E-state index contributed by atoms with van der Waals surface area (Å²) >= 11 is 0.944. The van der Waals surface area contributed by atoms with Crippen molar-refractivity contribution in [2.75, 3.05) is 5.75 Å². The van der Waals surface area contributed by atoms with E-state index in [-0.39, 0.29) is 5.75 Å². The quantitative estimate of drug-likeness (QED) is 0.349. The first-order valence-corrected chi connectivity index (χ1v) is 4.19. The molecule has 0 spiro atoms. The van der Waals surface area contributed by atoms with Gasteiger partial charge in [-0.3, -0.25) is 0 Å². The number of rotatable bonds is 3. The van der Waals surface area contributed by atoms with Crippen molar-refractivity contribution in [2.24, 2.45) is 0 Å². The van der Waals surface area contributed by atoms with Crippen molar-refractivity contribution in [1.82, 2.24) is 0 Å². The average Bonchev–Trinajstić information content (AvgIpc) is 2.03. The number of carbonyl (C=O) groups excluding carboxylic acids is 1. The second kappa shape index (κ2) is 3.96. The van der Waals surface area contributed by atoms with Gasteiger partial charge < -0.3 is 15.1 Å². The molecule has 12 heavy (non-hydrogen) atoms. The number of aliphatic carboxylic acids is 1. The van der Waals surface area contributed by atoms with E-state index in [2.05, 4.69) is 0 Å². The molecule has 5 heteroatoms. The molecule has 0 aliphatic heterocycles. The normalized spacial score (nSPS) is 9.67. The third kappa shape index (κ3) is 2.43. The van der Waals surface area contributed by atoms with Crippen LogP contribution in [0.4, 0.5) is 0 Å². The van der Waals surface area contributed by atoms with Crippen molar-refractivity contribution in [1.29, 1.82) is 0 Å². The lowest BCUT2D eigenvalue weighted by Crippen LogP contribution is -2.30. The third-order valence-corrected chi connectivity index (χ3v) is 2.12. The highest BCUT2D eigenvalue weighted by molar-refractivity contribution is 7.99. The number of carboxylic acid groups (broad SMARTS) is 1. The Labute approximate surface area is 73.4 Å². The second-order valence-electron chi connectivity index (χ2n) is 2.03. The number of hydrogen-bond acceptors (Lipinski definition) is 4. The topological polar surface area (TPSA) is 67.1 Å². The summed E-state index contributed by atoms with van der Waals surface area (Å²) in [5.74, 6) is -1.38. The van der Waals surface area contributed by atoms with E-state index < -0.39 is 5.97 Å². The van der Waals surface area contributed by atoms with Gasteiger partial charge in [0, 0.05) is 17.9 Å². The van der Waals surface area contributed by atoms with E-state index in [0.29, 0.717) is 9.76 Å². The number of pyridine rings is 1. The van der Waals surface area contributed by atoms with Gasteiger partial charge in [-0.2, -0.15) is 4.73 Å². The first-order valence-electron chi connectivity index (χ1n) is 3.21. The van der Waals surface area contributed by atoms with Gasteiger partial charge in [0.05, 0.1) is 5.97 Å². The standard InChI is InChI=1S/C7H7NO3S/c9-7(10)5-12-6-3-1-2-4-8(6)11/h1-4H,5H2,(H,9,10)/p-1. The van der Waals surface area contributed by atoms with Gasteiger partial charge in [-0.1, -0.05) is 0 Å². The summed E-state index contributed by atoms with van der Waals surface area (Å²) in [6.07, 6.45) is 1.32. The molecule has 1 rings (SSSR count). The Kier molecular flexibility index (Phi) is 2.93. The van der Waals surface area contributed by atoms with E-state index in [1.807, 2.05) is 0 Å². The van der Waals surface area contributed by atoms with Gasteiger partial charge in [0.2, 0.25) is 0 Å². The van der Waals surface area contributed by atoms with Crippen LogP contribution in [0.15, 0.2) is 29.4 Å². The van der Waals surface area contributed by atoms with Crippen LogP contribution >= 0.6 is 11.8 Å². The third-order valence-electron chi connectivity index (χ3n) is 1.13. The molecular weight excluding hydrogens is 178 g/mol. The van der Waals surface area contributed by atoms with E-state index in [0.717, 1.165) is 11.8 Å². The molecule has 0 radical (unpaired) electrons. The highest BCUT2D eigenvalue weighted by Gasteiger charge is 2.02. The fourth-order valence-electron chi connectivity index (χ4n) is 0.657. The van der Waals surface area contributed by atoms with Crippen LogP contribution in [-0.2, 0) is 4.79 Å². The number of nitrogens with zero attached hydrogens (tertiary/aromatic N) is 1. The first-order chi connectivity index (χ1) is 5.70. The molecule has 0 unspecified atom stereocenters. The van der Waals surface area contributed by atoms with Crippen molar-refractivity contribution in [3.8, 4) is 0 Å². The molecule has 1 aromatic rings. The Balaban J connectivity index is 2.63. The number of carbonyl (C=O) groups is 1. The minimum atomic E-state index is -1.18. The number of carboxylic acids is 1. The summed E-state index contributed by atoms with van der Waals surface area (Å²) in [7, 11) is 0. The van der Waals surface area contributed by atoms with Crippen molar-refractivity contribution >= 4 is 17.7 Å². The van der Waals surface area contributed by atoms with Crippen LogP contribution in [0, 0.1) is 5.21 Å². The molecule has 1 heterocycles. The number of hydrogen-bond donors (Lipinski definition) is 0. The molecule has 0 aliphatic carbocycles. The predicted octanol–water partition coefficient (Wildman–Crippen LogP) is -0.838. The molecular formula is C7H6NO3S-. The molecule has 0 saturated carbocycles. The molecule has 0 amide bonds. The molecule has 1 aromatic heterocycles. The summed E-state index contributed by atoms with van der Waals surface area (Å²) in [5.41, 5.74) is 0. The van der Waals surface area contributed by atoms with Crippen LogP contribution < -0.4 is 9.84 Å². The molecule has 0 aliphatic rings. The largest absolute Gasteiger partial charge is 0.618 e. The summed E-state index contributed by atoms with van der Waals surface area (Å²) in [5, 5.41) is 21.3. The van der Waals surface area contributed by atoms with Gasteiger partial charge in [0.1, 0.15) is 0 Å². The van der Waals surface area contributed by atoms with Crippen LogP contribution in [-0.4, -0.2) is 11.7 Å². The van der Waals surface area contributed by atoms with Crippen LogP contribution in [0.2, 0.25) is 0 Å². The highest BCUT2D eigenvalue weighted by Crippen LogP contribution is 2.10. The molecule has 0 saturated heterocycles. The molecule has 4 nitrogen and oxygen atoms in total. The molecule has 0 fully saturated rings. The predicted molar refractivity (Wildman–Crippen MR) is 41.1 cm³/mol. The fraction of sp³-hybridized carbons (Fsp3) is 0.143. The SMILES string of the molecule is O=C([O-])CSc1cccc[n+]1[O-]. The maximum atomic E-state index is 10.9. The van der Waals surface area contributed by atoms with Crippen LogP contribution in [0.5, 0.6) is 0 Å². The lowest BCUT2D eigenvalue weighted by molar-refractivity contribution is -0.645. The first kappa shape index (κ1) is 8.86. The van der Waals surface area contributed by atoms with Crippen molar-refractivity contribution in [2.45, 2.75) is 5.03 Å². The maximum absolute atomic E-state index is 10.9. The Morgan fingerprint density at radius 3 is 2.92 bits per heavy atom. The smallest absolute Gasteiger partial charge is 0.251 e. The minimum Gasteiger partial charge on any atom is -0.618 e.